The molecule has 1 heterocycles. The molecule has 0 N–H and O–H groups in total. The molecule has 0 saturated heterocycles. The van der Waals surface area contributed by atoms with Gasteiger partial charge in [0, 0.05) is 19.6 Å². The largest absolute Gasteiger partial charge is 0.354 e. The molecule has 0 aromatic rings. The maximum absolute atomic E-state index is 4.69. The number of hydrogen-bond acceptors (Lipinski definition) is 6. The van der Waals surface area contributed by atoms with Gasteiger partial charge in [-0.2, -0.15) is 0 Å². The van der Waals surface area contributed by atoms with Crippen LogP contribution in [0.1, 0.15) is 13.3 Å². The van der Waals surface area contributed by atoms with Crippen molar-refractivity contribution in [3.8, 4) is 0 Å². The molecular formula is C11H24N4S2. The van der Waals surface area contributed by atoms with Gasteiger partial charge in [-0.15, -0.1) is 0 Å². The molecular weight excluding hydrogens is 252 g/mol. The molecule has 0 saturated carbocycles. The van der Waals surface area contributed by atoms with E-state index in [1.165, 1.54) is 6.42 Å². The molecule has 0 radical (unpaired) electrons. The number of aliphatic imine (C=N–C) groups is 1. The topological polar surface area (TPSA) is 22.1 Å². The fourth-order valence-corrected chi connectivity index (χ4v) is 3.91. The summed E-state index contributed by atoms with van der Waals surface area (Å²) in [5.74, 6) is 0. The molecule has 1 aliphatic heterocycles. The lowest BCUT2D eigenvalue weighted by Gasteiger charge is -2.24. The minimum absolute atomic E-state index is 0.267. The Kier molecular flexibility index (Phi) is 6.12. The van der Waals surface area contributed by atoms with Gasteiger partial charge >= 0.3 is 0 Å². The maximum Gasteiger partial charge on any atom is 0.172 e. The predicted molar refractivity (Wildman–Crippen MR) is 80.5 cm³/mol. The molecule has 2 unspecified atom stereocenters. The van der Waals surface area contributed by atoms with Crippen molar-refractivity contribution in [2.75, 3.05) is 41.8 Å². The highest BCUT2D eigenvalue weighted by molar-refractivity contribution is 8.82. The number of rotatable bonds is 5. The molecule has 100 valence electrons. The Hall–Kier alpha value is 0.0900. The van der Waals surface area contributed by atoms with Gasteiger partial charge in [0.05, 0.1) is 0 Å². The Bertz CT molecular complexity index is 268. The second-order valence-electron chi connectivity index (χ2n) is 4.90. The highest BCUT2D eigenvalue weighted by Crippen LogP contribution is 2.37. The summed E-state index contributed by atoms with van der Waals surface area (Å²) >= 11 is 0. The van der Waals surface area contributed by atoms with E-state index in [1.807, 2.05) is 10.8 Å². The molecule has 0 aromatic carbocycles. The van der Waals surface area contributed by atoms with E-state index >= 15 is 0 Å². The van der Waals surface area contributed by atoms with Crippen molar-refractivity contribution in [2.24, 2.45) is 4.99 Å². The van der Waals surface area contributed by atoms with Crippen molar-refractivity contribution >= 4 is 26.8 Å². The smallest absolute Gasteiger partial charge is 0.172 e. The Balaban J connectivity index is 2.38. The van der Waals surface area contributed by atoms with E-state index in [4.69, 9.17) is 4.99 Å². The van der Waals surface area contributed by atoms with Gasteiger partial charge in [-0.25, -0.2) is 4.99 Å². The van der Waals surface area contributed by atoms with Crippen molar-refractivity contribution in [1.29, 1.82) is 0 Å². The zero-order valence-electron chi connectivity index (χ0n) is 11.7. The van der Waals surface area contributed by atoms with Gasteiger partial charge in [0.2, 0.25) is 0 Å². The average molecular weight is 276 g/mol. The van der Waals surface area contributed by atoms with Gasteiger partial charge in [-0.05, 0) is 63.1 Å². The fraction of sp³-hybridized carbons (Fsp3) is 0.909. The van der Waals surface area contributed by atoms with Crippen LogP contribution in [-0.4, -0.2) is 73.2 Å². The molecule has 2 atom stereocenters. The first-order chi connectivity index (χ1) is 7.91. The van der Waals surface area contributed by atoms with Crippen LogP contribution in [0.2, 0.25) is 0 Å². The molecule has 0 amide bonds. The lowest BCUT2D eigenvalue weighted by Crippen LogP contribution is -2.32. The Morgan fingerprint density at radius 3 is 2.35 bits per heavy atom. The molecule has 0 fully saturated rings. The van der Waals surface area contributed by atoms with Crippen molar-refractivity contribution in [2.45, 2.75) is 24.9 Å². The molecule has 4 nitrogen and oxygen atoms in total. The molecule has 0 spiro atoms. The first-order valence-electron chi connectivity index (χ1n) is 5.87. The molecule has 0 aliphatic carbocycles. The normalized spacial score (nSPS) is 22.1. The van der Waals surface area contributed by atoms with Gasteiger partial charge in [0.15, 0.2) is 10.7 Å². The van der Waals surface area contributed by atoms with E-state index in [-0.39, 0.29) is 5.50 Å². The zero-order valence-corrected chi connectivity index (χ0v) is 13.3. The summed E-state index contributed by atoms with van der Waals surface area (Å²) in [7, 11) is 14.1. The van der Waals surface area contributed by atoms with Crippen LogP contribution in [0.25, 0.3) is 0 Å². The third kappa shape index (κ3) is 4.69. The third-order valence-corrected chi connectivity index (χ3v) is 5.58. The first kappa shape index (κ1) is 15.1. The van der Waals surface area contributed by atoms with Crippen LogP contribution in [0.5, 0.6) is 0 Å². The predicted octanol–water partition coefficient (Wildman–Crippen LogP) is 1.85. The molecule has 1 rings (SSSR count). The van der Waals surface area contributed by atoms with Gasteiger partial charge in [0.1, 0.15) is 0 Å². The standard InChI is InChI=1S/C11H24N4S2/c1-9(13(2)3)7-8-15(6)11-12-10(14(4)5)16-17-11/h9-10H,7-8H2,1-6H3. The highest BCUT2D eigenvalue weighted by atomic mass is 33.1. The number of nitrogens with zero attached hydrogens (tertiary/aromatic N) is 4. The van der Waals surface area contributed by atoms with Crippen molar-refractivity contribution < 1.29 is 0 Å². The Morgan fingerprint density at radius 1 is 1.24 bits per heavy atom. The van der Waals surface area contributed by atoms with Crippen LogP contribution in [-0.2, 0) is 0 Å². The summed E-state index contributed by atoms with van der Waals surface area (Å²) in [6.07, 6.45) is 1.17. The Morgan fingerprint density at radius 2 is 1.88 bits per heavy atom. The van der Waals surface area contributed by atoms with Crippen LogP contribution in [0.15, 0.2) is 4.99 Å². The monoisotopic (exact) mass is 276 g/mol. The summed E-state index contributed by atoms with van der Waals surface area (Å²) in [5.41, 5.74) is 0.267. The lowest BCUT2D eigenvalue weighted by atomic mass is 10.2. The van der Waals surface area contributed by atoms with Crippen LogP contribution < -0.4 is 0 Å². The second kappa shape index (κ2) is 6.87. The van der Waals surface area contributed by atoms with Crippen molar-refractivity contribution in [3.63, 3.8) is 0 Å². The number of hydrogen-bond donors (Lipinski definition) is 0. The van der Waals surface area contributed by atoms with E-state index in [0.717, 1.165) is 11.7 Å². The average Bonchev–Trinajstić information content (AvgIpc) is 2.74. The quantitative estimate of drug-likeness (QED) is 0.713. The van der Waals surface area contributed by atoms with Crippen LogP contribution in [0.4, 0.5) is 0 Å². The molecule has 0 bridgehead atoms. The zero-order chi connectivity index (χ0) is 13.0. The van der Waals surface area contributed by atoms with E-state index < -0.39 is 0 Å². The minimum atomic E-state index is 0.267. The van der Waals surface area contributed by atoms with E-state index in [9.17, 15) is 0 Å². The van der Waals surface area contributed by atoms with Crippen molar-refractivity contribution in [3.05, 3.63) is 0 Å². The fourth-order valence-electron chi connectivity index (χ4n) is 1.32. The summed E-state index contributed by atoms with van der Waals surface area (Å²) in [4.78, 5) is 11.4. The number of amidine groups is 1. The minimum Gasteiger partial charge on any atom is -0.354 e. The molecule has 17 heavy (non-hydrogen) atoms. The SMILES string of the molecule is CC(CCN(C)C1=NC(N(C)C)SS1)N(C)C. The maximum atomic E-state index is 4.69. The summed E-state index contributed by atoms with van der Waals surface area (Å²) in [6.45, 7) is 3.32. The van der Waals surface area contributed by atoms with Crippen molar-refractivity contribution in [1.82, 2.24) is 14.7 Å². The lowest BCUT2D eigenvalue weighted by molar-refractivity contribution is 0.281. The highest BCUT2D eigenvalue weighted by Gasteiger charge is 2.23. The Labute approximate surface area is 113 Å². The van der Waals surface area contributed by atoms with Crippen LogP contribution in [0, 0.1) is 0 Å². The summed E-state index contributed by atoms with van der Waals surface area (Å²) in [6, 6.07) is 0.613. The first-order valence-corrected chi connectivity index (χ1v) is 8.08. The summed E-state index contributed by atoms with van der Waals surface area (Å²) in [5, 5.41) is 1.15. The summed E-state index contributed by atoms with van der Waals surface area (Å²) < 4.78 is 0. The van der Waals surface area contributed by atoms with Crippen LogP contribution in [0.3, 0.4) is 0 Å². The van der Waals surface area contributed by atoms with Gasteiger partial charge < -0.3 is 9.80 Å². The van der Waals surface area contributed by atoms with E-state index in [0.29, 0.717) is 6.04 Å². The van der Waals surface area contributed by atoms with Gasteiger partial charge in [-0.1, -0.05) is 0 Å². The van der Waals surface area contributed by atoms with Crippen LogP contribution >= 0.6 is 21.6 Å². The third-order valence-electron chi connectivity index (χ3n) is 2.96. The van der Waals surface area contributed by atoms with Gasteiger partial charge in [0.25, 0.3) is 0 Å². The molecule has 6 heteroatoms. The second-order valence-corrected chi connectivity index (χ2v) is 7.13. The van der Waals surface area contributed by atoms with Gasteiger partial charge in [-0.3, -0.25) is 4.90 Å². The molecule has 1 aliphatic rings. The molecule has 0 aromatic heterocycles. The van der Waals surface area contributed by atoms with E-state index in [2.05, 4.69) is 56.9 Å². The van der Waals surface area contributed by atoms with E-state index in [1.54, 1.807) is 10.8 Å².